The Hall–Kier alpha value is -2.18. The van der Waals surface area contributed by atoms with E-state index in [0.717, 1.165) is 9.80 Å². The van der Waals surface area contributed by atoms with Crippen LogP contribution in [-0.2, 0) is 4.79 Å². The second-order valence-corrected chi connectivity index (χ2v) is 3.87. The van der Waals surface area contributed by atoms with Crippen LogP contribution in [0.1, 0.15) is 0 Å². The number of rotatable bonds is 5. The Morgan fingerprint density at radius 2 is 1.84 bits per heavy atom. The quantitative estimate of drug-likeness (QED) is 0.890. The summed E-state index contributed by atoms with van der Waals surface area (Å²) in [6.45, 7) is -1.34. The maximum absolute atomic E-state index is 12.2. The zero-order valence-corrected chi connectivity index (χ0v) is 10.3. The number of para-hydroxylation sites is 1. The topological polar surface area (TPSA) is 60.9 Å². The number of amides is 2. The lowest BCUT2D eigenvalue weighted by molar-refractivity contribution is -0.135. The molecule has 0 bridgehead atoms. The minimum Gasteiger partial charge on any atom is -0.480 e. The van der Waals surface area contributed by atoms with Crippen LogP contribution in [-0.4, -0.2) is 48.6 Å². The molecule has 0 aliphatic carbocycles. The van der Waals surface area contributed by atoms with Crippen LogP contribution in [0.3, 0.4) is 0 Å². The molecule has 19 heavy (non-hydrogen) atoms. The van der Waals surface area contributed by atoms with E-state index in [4.69, 9.17) is 5.11 Å². The number of hydrogen-bond donors (Lipinski definition) is 1. The molecule has 104 valence electrons. The van der Waals surface area contributed by atoms with E-state index in [1.165, 1.54) is 19.2 Å². The average molecular weight is 272 g/mol. The number of nitrogens with zero attached hydrogens (tertiary/aromatic N) is 2. The van der Waals surface area contributed by atoms with Crippen molar-refractivity contribution in [1.82, 2.24) is 4.90 Å². The van der Waals surface area contributed by atoms with Gasteiger partial charge in [0.25, 0.3) is 6.43 Å². The summed E-state index contributed by atoms with van der Waals surface area (Å²) in [4.78, 5) is 24.5. The van der Waals surface area contributed by atoms with Crippen LogP contribution in [0.25, 0.3) is 0 Å². The van der Waals surface area contributed by atoms with Crippen LogP contribution < -0.4 is 4.90 Å². The highest BCUT2D eigenvalue weighted by atomic mass is 19.3. The van der Waals surface area contributed by atoms with Crippen LogP contribution >= 0.6 is 0 Å². The molecule has 0 saturated heterocycles. The highest BCUT2D eigenvalue weighted by molar-refractivity contribution is 5.96. The van der Waals surface area contributed by atoms with Gasteiger partial charge in [-0.3, -0.25) is 9.69 Å². The Labute approximate surface area is 109 Å². The smallest absolute Gasteiger partial charge is 0.324 e. The lowest BCUT2D eigenvalue weighted by atomic mass is 10.3. The predicted molar refractivity (Wildman–Crippen MR) is 65.5 cm³/mol. The van der Waals surface area contributed by atoms with Crippen LogP contribution in [0, 0.1) is 0 Å². The van der Waals surface area contributed by atoms with E-state index in [1.807, 2.05) is 0 Å². The van der Waals surface area contributed by atoms with Gasteiger partial charge in [0.15, 0.2) is 0 Å². The van der Waals surface area contributed by atoms with E-state index in [-0.39, 0.29) is 0 Å². The van der Waals surface area contributed by atoms with Crippen molar-refractivity contribution in [2.45, 2.75) is 6.43 Å². The Kier molecular flexibility index (Phi) is 5.23. The van der Waals surface area contributed by atoms with Crippen LogP contribution in [0.5, 0.6) is 0 Å². The normalized spacial score (nSPS) is 10.3. The third-order valence-electron chi connectivity index (χ3n) is 2.33. The number of carboxylic acid groups (broad SMARTS) is 1. The number of anilines is 1. The molecule has 1 aromatic carbocycles. The van der Waals surface area contributed by atoms with Gasteiger partial charge in [-0.1, -0.05) is 18.2 Å². The fourth-order valence-electron chi connectivity index (χ4n) is 1.50. The molecule has 0 unspecified atom stereocenters. The summed E-state index contributed by atoms with van der Waals surface area (Å²) in [5, 5.41) is 8.80. The maximum atomic E-state index is 12.2. The summed E-state index contributed by atoms with van der Waals surface area (Å²) in [7, 11) is 1.20. The number of hydrogen-bond acceptors (Lipinski definition) is 2. The van der Waals surface area contributed by atoms with Crippen molar-refractivity contribution in [2.24, 2.45) is 0 Å². The molecule has 0 saturated carbocycles. The van der Waals surface area contributed by atoms with Gasteiger partial charge in [0.2, 0.25) is 0 Å². The van der Waals surface area contributed by atoms with Gasteiger partial charge in [-0.25, -0.2) is 13.6 Å². The molecule has 1 aromatic rings. The first-order chi connectivity index (χ1) is 8.91. The lowest BCUT2D eigenvalue weighted by Crippen LogP contribution is -2.45. The SMILES string of the molecule is CN(CC(F)F)C(=O)N(CC(=O)O)c1ccccc1. The molecular weight excluding hydrogens is 258 g/mol. The van der Waals surface area contributed by atoms with Gasteiger partial charge >= 0.3 is 12.0 Å². The van der Waals surface area contributed by atoms with Crippen molar-refractivity contribution >= 4 is 17.7 Å². The molecule has 1 rings (SSSR count). The minimum atomic E-state index is -2.67. The van der Waals surface area contributed by atoms with Crippen molar-refractivity contribution < 1.29 is 23.5 Å². The molecule has 0 fully saturated rings. The standard InChI is InChI=1S/C12H14F2N2O3/c1-15(7-10(13)14)12(19)16(8-11(17)18)9-5-3-2-4-6-9/h2-6,10H,7-8H2,1H3,(H,17,18). The van der Waals surface area contributed by atoms with Crippen molar-refractivity contribution in [3.05, 3.63) is 30.3 Å². The molecule has 1 N–H and O–H groups in total. The van der Waals surface area contributed by atoms with Crippen molar-refractivity contribution in [2.75, 3.05) is 25.0 Å². The largest absolute Gasteiger partial charge is 0.480 e. The average Bonchev–Trinajstić information content (AvgIpc) is 2.35. The second-order valence-electron chi connectivity index (χ2n) is 3.87. The van der Waals surface area contributed by atoms with Crippen LogP contribution in [0.4, 0.5) is 19.3 Å². The van der Waals surface area contributed by atoms with Gasteiger partial charge in [0.05, 0.1) is 6.54 Å². The van der Waals surface area contributed by atoms with E-state index in [2.05, 4.69) is 0 Å². The number of carbonyl (C=O) groups is 2. The van der Waals surface area contributed by atoms with Gasteiger partial charge in [-0.15, -0.1) is 0 Å². The van der Waals surface area contributed by atoms with Gasteiger partial charge < -0.3 is 10.0 Å². The molecule has 0 atom stereocenters. The molecule has 0 aliphatic rings. The summed E-state index contributed by atoms with van der Waals surface area (Å²) in [6.07, 6.45) is -2.67. The summed E-state index contributed by atoms with van der Waals surface area (Å²) < 4.78 is 24.5. The number of aliphatic carboxylic acids is 1. The fraction of sp³-hybridized carbons (Fsp3) is 0.333. The molecular formula is C12H14F2N2O3. The minimum absolute atomic E-state index is 0.344. The van der Waals surface area contributed by atoms with Crippen molar-refractivity contribution in [1.29, 1.82) is 0 Å². The molecule has 5 nitrogen and oxygen atoms in total. The maximum Gasteiger partial charge on any atom is 0.324 e. The van der Waals surface area contributed by atoms with Gasteiger partial charge in [0.1, 0.15) is 6.54 Å². The third-order valence-corrected chi connectivity index (χ3v) is 2.33. The highest BCUT2D eigenvalue weighted by Gasteiger charge is 2.23. The summed E-state index contributed by atoms with van der Waals surface area (Å²) in [5.74, 6) is -1.22. The Bertz CT molecular complexity index is 440. The zero-order valence-electron chi connectivity index (χ0n) is 10.3. The number of benzene rings is 1. The summed E-state index contributed by atoms with van der Waals surface area (Å²) in [6, 6.07) is 7.26. The predicted octanol–water partition coefficient (Wildman–Crippen LogP) is 1.89. The number of urea groups is 1. The number of halogens is 2. The van der Waals surface area contributed by atoms with Crippen molar-refractivity contribution in [3.63, 3.8) is 0 Å². The molecule has 0 spiro atoms. The monoisotopic (exact) mass is 272 g/mol. The Morgan fingerprint density at radius 1 is 1.26 bits per heavy atom. The Morgan fingerprint density at radius 3 is 2.32 bits per heavy atom. The van der Waals surface area contributed by atoms with E-state index >= 15 is 0 Å². The lowest BCUT2D eigenvalue weighted by Gasteiger charge is -2.26. The van der Waals surface area contributed by atoms with E-state index in [1.54, 1.807) is 18.2 Å². The molecule has 2 amide bonds. The zero-order chi connectivity index (χ0) is 14.4. The molecule has 0 aromatic heterocycles. The molecule has 0 heterocycles. The number of carboxylic acids is 1. The van der Waals surface area contributed by atoms with E-state index < -0.39 is 31.5 Å². The molecule has 7 heteroatoms. The van der Waals surface area contributed by atoms with E-state index in [0.29, 0.717) is 5.69 Å². The summed E-state index contributed by atoms with van der Waals surface area (Å²) >= 11 is 0. The number of carbonyl (C=O) groups excluding carboxylic acids is 1. The second kappa shape index (κ2) is 6.67. The van der Waals surface area contributed by atoms with Crippen molar-refractivity contribution in [3.8, 4) is 0 Å². The number of alkyl halides is 2. The van der Waals surface area contributed by atoms with Gasteiger partial charge in [-0.05, 0) is 12.1 Å². The highest BCUT2D eigenvalue weighted by Crippen LogP contribution is 2.15. The summed E-state index contributed by atoms with van der Waals surface area (Å²) in [5.41, 5.74) is 0.344. The van der Waals surface area contributed by atoms with Crippen LogP contribution in [0.15, 0.2) is 30.3 Å². The van der Waals surface area contributed by atoms with Gasteiger partial charge in [-0.2, -0.15) is 0 Å². The fourth-order valence-corrected chi connectivity index (χ4v) is 1.50. The first kappa shape index (κ1) is 14.9. The van der Waals surface area contributed by atoms with Gasteiger partial charge in [0, 0.05) is 12.7 Å². The first-order valence-corrected chi connectivity index (χ1v) is 5.49. The molecule has 0 radical (unpaired) electrons. The first-order valence-electron chi connectivity index (χ1n) is 5.49. The molecule has 0 aliphatic heterocycles. The van der Waals surface area contributed by atoms with E-state index in [9.17, 15) is 18.4 Å². The van der Waals surface area contributed by atoms with Crippen LogP contribution in [0.2, 0.25) is 0 Å². The third kappa shape index (κ3) is 4.53. The Balaban J connectivity index is 2.91.